The number of ether oxygens (including phenoxy) is 1. The first-order valence-corrected chi connectivity index (χ1v) is 7.15. The van der Waals surface area contributed by atoms with E-state index >= 15 is 0 Å². The highest BCUT2D eigenvalue weighted by molar-refractivity contribution is 5.91. The topological polar surface area (TPSA) is 47.4 Å². The van der Waals surface area contributed by atoms with Crippen LogP contribution in [0, 0.1) is 0 Å². The van der Waals surface area contributed by atoms with E-state index < -0.39 is 19.1 Å². The predicted molar refractivity (Wildman–Crippen MR) is 82.1 cm³/mol. The molecular weight excluding hydrogens is 342 g/mol. The van der Waals surface area contributed by atoms with E-state index in [9.17, 15) is 22.4 Å². The van der Waals surface area contributed by atoms with Crippen LogP contribution in [0.3, 0.4) is 0 Å². The molecule has 0 saturated heterocycles. The van der Waals surface area contributed by atoms with Gasteiger partial charge < -0.3 is 9.64 Å². The largest absolute Gasteiger partial charge is 0.434 e. The third-order valence-corrected chi connectivity index (χ3v) is 3.25. The van der Waals surface area contributed by atoms with Gasteiger partial charge in [0.2, 0.25) is 5.91 Å². The molecule has 2 aromatic rings. The summed E-state index contributed by atoms with van der Waals surface area (Å²) in [5, 5.41) is 0. The molecule has 25 heavy (non-hydrogen) atoms. The van der Waals surface area contributed by atoms with Gasteiger partial charge in [-0.1, -0.05) is 18.2 Å². The standard InChI is InChI=1S/C16H15F4N3O2/c1-22(10-13-21-8-9-23(13)15(17)18)14(24)7-6-11-4-2-3-5-12(11)25-16(19)20/h2-9,15-16H,10H2,1H3/b7-6+. The third kappa shape index (κ3) is 5.07. The predicted octanol–water partition coefficient (Wildman–Crippen LogP) is 3.55. The van der Waals surface area contributed by atoms with Gasteiger partial charge in [0.05, 0.1) is 6.54 Å². The molecule has 0 bridgehead atoms. The molecule has 1 heterocycles. The molecule has 0 aliphatic carbocycles. The summed E-state index contributed by atoms with van der Waals surface area (Å²) in [6.07, 6.45) is 4.79. The molecular formula is C16H15F4N3O2. The molecule has 0 fully saturated rings. The van der Waals surface area contributed by atoms with Crippen LogP contribution in [-0.2, 0) is 11.3 Å². The number of nitrogens with zero attached hydrogens (tertiary/aromatic N) is 3. The highest BCUT2D eigenvalue weighted by Crippen LogP contribution is 2.21. The van der Waals surface area contributed by atoms with Crippen molar-refractivity contribution in [3.63, 3.8) is 0 Å². The third-order valence-electron chi connectivity index (χ3n) is 3.25. The molecule has 0 aliphatic heterocycles. The number of amides is 1. The fraction of sp³-hybridized carbons (Fsp3) is 0.250. The summed E-state index contributed by atoms with van der Waals surface area (Å²) < 4.78 is 55.2. The van der Waals surface area contributed by atoms with Gasteiger partial charge in [0.25, 0.3) is 0 Å². The van der Waals surface area contributed by atoms with Gasteiger partial charge >= 0.3 is 13.2 Å². The molecule has 5 nitrogen and oxygen atoms in total. The second kappa shape index (κ2) is 8.32. The summed E-state index contributed by atoms with van der Waals surface area (Å²) in [6.45, 7) is -5.87. The summed E-state index contributed by atoms with van der Waals surface area (Å²) in [5.74, 6) is -0.547. The van der Waals surface area contributed by atoms with Crippen LogP contribution in [0.15, 0.2) is 42.7 Å². The zero-order chi connectivity index (χ0) is 18.4. The number of carbonyl (C=O) groups is 1. The maximum atomic E-state index is 12.8. The minimum Gasteiger partial charge on any atom is -0.434 e. The van der Waals surface area contributed by atoms with E-state index in [-0.39, 0.29) is 18.1 Å². The Morgan fingerprint density at radius 3 is 2.72 bits per heavy atom. The lowest BCUT2D eigenvalue weighted by atomic mass is 10.2. The fourth-order valence-electron chi connectivity index (χ4n) is 2.04. The molecule has 1 amide bonds. The second-order valence-corrected chi connectivity index (χ2v) is 4.97. The van der Waals surface area contributed by atoms with Crippen LogP contribution in [0.5, 0.6) is 5.75 Å². The number of aromatic nitrogens is 2. The molecule has 9 heteroatoms. The van der Waals surface area contributed by atoms with Crippen LogP contribution >= 0.6 is 0 Å². The van der Waals surface area contributed by atoms with Gasteiger partial charge in [-0.15, -0.1) is 0 Å². The van der Waals surface area contributed by atoms with Gasteiger partial charge in [-0.25, -0.2) is 4.98 Å². The summed E-state index contributed by atoms with van der Waals surface area (Å²) in [4.78, 5) is 17.0. The maximum absolute atomic E-state index is 12.8. The van der Waals surface area contributed by atoms with E-state index in [4.69, 9.17) is 0 Å². The van der Waals surface area contributed by atoms with Crippen LogP contribution in [0.1, 0.15) is 17.9 Å². The molecule has 0 saturated carbocycles. The number of imidazole rings is 1. The molecule has 0 atom stereocenters. The van der Waals surface area contributed by atoms with Crippen molar-refractivity contribution in [2.24, 2.45) is 0 Å². The van der Waals surface area contributed by atoms with E-state index in [0.717, 1.165) is 12.3 Å². The van der Waals surface area contributed by atoms with E-state index in [2.05, 4.69) is 9.72 Å². The Morgan fingerprint density at radius 2 is 2.04 bits per heavy atom. The van der Waals surface area contributed by atoms with Crippen LogP contribution in [0.25, 0.3) is 6.08 Å². The van der Waals surface area contributed by atoms with Gasteiger partial charge in [0.1, 0.15) is 11.6 Å². The van der Waals surface area contributed by atoms with Crippen molar-refractivity contribution in [2.75, 3.05) is 7.05 Å². The molecule has 0 spiro atoms. The van der Waals surface area contributed by atoms with E-state index in [0.29, 0.717) is 10.1 Å². The number of carbonyl (C=O) groups excluding carboxylic acids is 1. The van der Waals surface area contributed by atoms with Crippen molar-refractivity contribution in [1.29, 1.82) is 0 Å². The number of para-hydroxylation sites is 1. The lowest BCUT2D eigenvalue weighted by molar-refractivity contribution is -0.125. The molecule has 134 valence electrons. The Hall–Kier alpha value is -2.84. The average Bonchev–Trinajstić information content (AvgIpc) is 3.01. The molecule has 0 aliphatic rings. The van der Waals surface area contributed by atoms with Crippen molar-refractivity contribution in [3.8, 4) is 5.75 Å². The number of hydrogen-bond acceptors (Lipinski definition) is 3. The number of benzene rings is 1. The smallest absolute Gasteiger partial charge is 0.387 e. The first-order chi connectivity index (χ1) is 11.9. The molecule has 1 aromatic carbocycles. The fourth-order valence-corrected chi connectivity index (χ4v) is 2.04. The number of likely N-dealkylation sites (N-methyl/N-ethyl adjacent to an activating group) is 1. The first kappa shape index (κ1) is 18.5. The van der Waals surface area contributed by atoms with Crippen LogP contribution in [0.4, 0.5) is 17.6 Å². The summed E-state index contributed by atoms with van der Waals surface area (Å²) in [5.41, 5.74) is 0.290. The SMILES string of the molecule is CN(Cc1nccn1C(F)F)C(=O)/C=C/c1ccccc1OC(F)F. The Balaban J connectivity index is 2.06. The highest BCUT2D eigenvalue weighted by atomic mass is 19.3. The summed E-state index contributed by atoms with van der Waals surface area (Å²) >= 11 is 0. The summed E-state index contributed by atoms with van der Waals surface area (Å²) in [6, 6.07) is 5.98. The lowest BCUT2D eigenvalue weighted by Gasteiger charge is -2.15. The number of rotatable bonds is 7. The molecule has 1 aromatic heterocycles. The summed E-state index contributed by atoms with van der Waals surface area (Å²) in [7, 11) is 1.42. The van der Waals surface area contributed by atoms with Gasteiger partial charge in [0, 0.05) is 31.1 Å². The van der Waals surface area contributed by atoms with E-state index in [1.807, 2.05) is 0 Å². The Labute approximate surface area is 141 Å². The van der Waals surface area contributed by atoms with Gasteiger partial charge in [0.15, 0.2) is 0 Å². The van der Waals surface area contributed by atoms with Gasteiger partial charge in [-0.3, -0.25) is 9.36 Å². The van der Waals surface area contributed by atoms with Crippen LogP contribution < -0.4 is 4.74 Å². The first-order valence-electron chi connectivity index (χ1n) is 7.15. The Morgan fingerprint density at radius 1 is 1.32 bits per heavy atom. The molecule has 2 rings (SSSR count). The molecule has 0 N–H and O–H groups in total. The quantitative estimate of drug-likeness (QED) is 0.562. The minimum atomic E-state index is -2.99. The number of hydrogen-bond donors (Lipinski definition) is 0. The normalized spacial score (nSPS) is 11.5. The highest BCUT2D eigenvalue weighted by Gasteiger charge is 2.15. The monoisotopic (exact) mass is 357 g/mol. The van der Waals surface area contributed by atoms with Crippen molar-refractivity contribution in [3.05, 3.63) is 54.1 Å². The molecule has 0 unspecified atom stereocenters. The zero-order valence-electron chi connectivity index (χ0n) is 13.2. The molecule has 0 radical (unpaired) electrons. The minimum absolute atomic E-state index is 0.0284. The van der Waals surface area contributed by atoms with Crippen molar-refractivity contribution in [2.45, 2.75) is 19.7 Å². The lowest BCUT2D eigenvalue weighted by Crippen LogP contribution is -2.26. The van der Waals surface area contributed by atoms with Crippen LogP contribution in [-0.4, -0.2) is 34.0 Å². The Bertz CT molecular complexity index is 746. The van der Waals surface area contributed by atoms with Crippen molar-refractivity contribution in [1.82, 2.24) is 14.5 Å². The average molecular weight is 357 g/mol. The van der Waals surface area contributed by atoms with Gasteiger partial charge in [-0.05, 0) is 12.1 Å². The zero-order valence-corrected chi connectivity index (χ0v) is 13.2. The Kier molecular flexibility index (Phi) is 6.15. The maximum Gasteiger partial charge on any atom is 0.387 e. The number of alkyl halides is 4. The van der Waals surface area contributed by atoms with Crippen molar-refractivity contribution >= 4 is 12.0 Å². The van der Waals surface area contributed by atoms with E-state index in [1.54, 1.807) is 6.07 Å². The van der Waals surface area contributed by atoms with Crippen LogP contribution in [0.2, 0.25) is 0 Å². The van der Waals surface area contributed by atoms with Gasteiger partial charge in [-0.2, -0.15) is 17.6 Å². The second-order valence-electron chi connectivity index (χ2n) is 4.97. The number of halogens is 4. The van der Waals surface area contributed by atoms with E-state index in [1.165, 1.54) is 42.4 Å². The van der Waals surface area contributed by atoms with Crippen molar-refractivity contribution < 1.29 is 27.1 Å².